The van der Waals surface area contributed by atoms with Crippen LogP contribution in [-0.4, -0.2) is 65.3 Å². The maximum Gasteiger partial charge on any atom is 0.329 e. The van der Waals surface area contributed by atoms with E-state index in [4.69, 9.17) is 4.74 Å². The van der Waals surface area contributed by atoms with E-state index in [-0.39, 0.29) is 29.7 Å². The third kappa shape index (κ3) is 8.88. The molecule has 10 nitrogen and oxygen atoms in total. The van der Waals surface area contributed by atoms with Gasteiger partial charge in [-0.3, -0.25) is 19.2 Å². The molecule has 200 valence electrons. The number of hydrogen-bond acceptors (Lipinski definition) is 8. The van der Waals surface area contributed by atoms with Gasteiger partial charge in [-0.1, -0.05) is 61.4 Å². The molecule has 0 aromatic rings. The molecule has 2 aliphatic rings. The zero-order chi connectivity index (χ0) is 26.8. The summed E-state index contributed by atoms with van der Waals surface area (Å²) in [5.41, 5.74) is -0.0445. The molecule has 1 fully saturated rings. The van der Waals surface area contributed by atoms with Crippen LogP contribution in [0.4, 0.5) is 0 Å². The first-order valence-electron chi connectivity index (χ1n) is 12.0. The average Bonchev–Trinajstić information content (AvgIpc) is 2.81. The van der Waals surface area contributed by atoms with Gasteiger partial charge in [-0.25, -0.2) is 4.79 Å². The molecule has 0 aliphatic carbocycles. The number of rotatable bonds is 2. The number of nitrogens with one attached hydrogen (secondary N) is 4. The van der Waals surface area contributed by atoms with Crippen molar-refractivity contribution in [2.24, 2.45) is 11.8 Å². The molecule has 2 aliphatic heterocycles. The number of fused-ring (bicyclic) bond motifs is 7. The fraction of sp³-hybridized carbons (Fsp3) is 0.625. The van der Waals surface area contributed by atoms with Crippen molar-refractivity contribution in [3.63, 3.8) is 0 Å². The number of carbonyl (C=O) groups excluding carboxylic acids is 5. The lowest BCUT2D eigenvalue weighted by Gasteiger charge is -2.27. The minimum atomic E-state index is -1.00. The lowest BCUT2D eigenvalue weighted by Crippen LogP contribution is -2.57. The lowest BCUT2D eigenvalue weighted by molar-refractivity contribution is -0.153. The molecule has 4 N–H and O–H groups in total. The van der Waals surface area contributed by atoms with Crippen LogP contribution in [0.3, 0.4) is 0 Å². The van der Waals surface area contributed by atoms with Crippen molar-refractivity contribution >= 4 is 51.2 Å². The highest BCUT2D eigenvalue weighted by molar-refractivity contribution is 8.76. The van der Waals surface area contributed by atoms with E-state index >= 15 is 0 Å². The molecule has 2 heterocycles. The van der Waals surface area contributed by atoms with Crippen molar-refractivity contribution in [3.05, 3.63) is 23.9 Å². The van der Waals surface area contributed by atoms with E-state index in [1.54, 1.807) is 40.7 Å². The number of ether oxygens (including phenoxy) is 1. The van der Waals surface area contributed by atoms with Crippen LogP contribution in [0.5, 0.6) is 0 Å². The summed E-state index contributed by atoms with van der Waals surface area (Å²) in [7, 11) is 2.95. The van der Waals surface area contributed by atoms with Crippen LogP contribution in [0.2, 0.25) is 0 Å². The maximum absolute atomic E-state index is 13.2. The Bertz CT molecular complexity index is 905. The van der Waals surface area contributed by atoms with Crippen LogP contribution in [-0.2, 0) is 28.7 Å². The second-order valence-corrected chi connectivity index (χ2v) is 11.9. The summed E-state index contributed by atoms with van der Waals surface area (Å²) >= 11 is 0. The van der Waals surface area contributed by atoms with Crippen molar-refractivity contribution in [1.82, 2.24) is 21.3 Å². The van der Waals surface area contributed by atoms with Gasteiger partial charge in [-0.2, -0.15) is 0 Å². The van der Waals surface area contributed by atoms with Gasteiger partial charge in [-0.15, -0.1) is 0 Å². The van der Waals surface area contributed by atoms with Gasteiger partial charge < -0.3 is 26.0 Å². The Morgan fingerprint density at radius 2 is 1.64 bits per heavy atom. The molecule has 2 bridgehead atoms. The topological polar surface area (TPSA) is 143 Å². The third-order valence-corrected chi connectivity index (χ3v) is 8.03. The standard InChI is InChI=1S/C24H36N4O6S2/c1-6-16-21(30)28-20(14(4)5)24(33)34-15-9-7-8-10-35-36-12-17(22(31)25-16)26-23(32)19(13(2)3)27-18(29)11-15/h6-7,9,13-15,17,19-20H,8,10-12H2,1-5H3,(H,25,31)(H,26,32)(H,27,29)(H,28,30)/b9-7+,16-6+/t15-,17-,19-,20+/m1/s1. The summed E-state index contributed by atoms with van der Waals surface area (Å²) in [6.45, 7) is 8.66. The Morgan fingerprint density at radius 1 is 0.944 bits per heavy atom. The second kappa shape index (κ2) is 14.3. The molecule has 4 atom stereocenters. The number of carbonyl (C=O) groups is 5. The van der Waals surface area contributed by atoms with Crippen LogP contribution >= 0.6 is 21.6 Å². The van der Waals surface area contributed by atoms with Gasteiger partial charge in [0, 0.05) is 11.5 Å². The van der Waals surface area contributed by atoms with Gasteiger partial charge in [0.2, 0.25) is 17.7 Å². The summed E-state index contributed by atoms with van der Waals surface area (Å²) in [6.07, 6.45) is 4.51. The Kier molecular flexibility index (Phi) is 11.8. The highest BCUT2D eigenvalue weighted by Crippen LogP contribution is 2.24. The summed E-state index contributed by atoms with van der Waals surface area (Å²) in [4.78, 5) is 65.2. The normalized spacial score (nSPS) is 29.6. The molecule has 12 heteroatoms. The van der Waals surface area contributed by atoms with Gasteiger partial charge in [0.25, 0.3) is 5.91 Å². The number of allylic oxidation sites excluding steroid dienone is 2. The molecule has 2 rings (SSSR count). The van der Waals surface area contributed by atoms with Gasteiger partial charge in [-0.05, 0) is 31.3 Å². The van der Waals surface area contributed by atoms with Crippen LogP contribution in [0.15, 0.2) is 23.9 Å². The first-order chi connectivity index (χ1) is 17.0. The molecule has 36 heavy (non-hydrogen) atoms. The molecule has 1 saturated heterocycles. The summed E-state index contributed by atoms with van der Waals surface area (Å²) in [5, 5.41) is 10.7. The van der Waals surface area contributed by atoms with E-state index in [0.717, 1.165) is 0 Å². The van der Waals surface area contributed by atoms with Crippen LogP contribution in [0, 0.1) is 11.8 Å². The Hall–Kier alpha value is -2.47. The molecule has 0 saturated carbocycles. The molecule has 0 aromatic heterocycles. The first kappa shape index (κ1) is 29.8. The number of esters is 1. The predicted octanol–water partition coefficient (Wildman–Crippen LogP) is 1.43. The van der Waals surface area contributed by atoms with E-state index in [2.05, 4.69) is 21.3 Å². The second-order valence-electron chi connectivity index (χ2n) is 9.24. The molecule has 0 aromatic carbocycles. The minimum absolute atomic E-state index is 0.0445. The minimum Gasteiger partial charge on any atom is -0.456 e. The smallest absolute Gasteiger partial charge is 0.329 e. The molecule has 0 radical (unpaired) electrons. The highest BCUT2D eigenvalue weighted by Gasteiger charge is 2.33. The number of amides is 4. The van der Waals surface area contributed by atoms with Gasteiger partial charge >= 0.3 is 5.97 Å². The molecule has 4 amide bonds. The molecular formula is C24H36N4O6S2. The van der Waals surface area contributed by atoms with Crippen molar-refractivity contribution in [1.29, 1.82) is 0 Å². The Balaban J connectivity index is 2.55. The van der Waals surface area contributed by atoms with Crippen molar-refractivity contribution in [2.75, 3.05) is 11.5 Å². The van der Waals surface area contributed by atoms with Gasteiger partial charge in [0.05, 0.1) is 6.42 Å². The van der Waals surface area contributed by atoms with E-state index in [0.29, 0.717) is 12.2 Å². The average molecular weight is 541 g/mol. The van der Waals surface area contributed by atoms with E-state index in [1.165, 1.54) is 27.7 Å². The Labute approximate surface area is 220 Å². The predicted molar refractivity (Wildman–Crippen MR) is 141 cm³/mol. The Morgan fingerprint density at radius 3 is 2.28 bits per heavy atom. The fourth-order valence-corrected chi connectivity index (χ4v) is 5.66. The third-order valence-electron chi connectivity index (χ3n) is 5.59. The number of hydrogen-bond donors (Lipinski definition) is 4. The van der Waals surface area contributed by atoms with Gasteiger partial charge in [0.1, 0.15) is 29.9 Å². The van der Waals surface area contributed by atoms with E-state index < -0.39 is 53.8 Å². The van der Waals surface area contributed by atoms with Crippen LogP contribution < -0.4 is 21.3 Å². The highest BCUT2D eigenvalue weighted by atomic mass is 33.1. The monoisotopic (exact) mass is 540 g/mol. The first-order valence-corrected chi connectivity index (χ1v) is 14.5. The largest absolute Gasteiger partial charge is 0.456 e. The fourth-order valence-electron chi connectivity index (χ4n) is 3.50. The quantitative estimate of drug-likeness (QED) is 0.178. The lowest BCUT2D eigenvalue weighted by atomic mass is 10.0. The van der Waals surface area contributed by atoms with Crippen molar-refractivity contribution < 1.29 is 28.7 Å². The summed E-state index contributed by atoms with van der Waals surface area (Å²) in [5.74, 6) is -2.54. The maximum atomic E-state index is 13.2. The zero-order valence-electron chi connectivity index (χ0n) is 21.3. The molecule has 0 spiro atoms. The van der Waals surface area contributed by atoms with Crippen molar-refractivity contribution in [2.45, 2.75) is 71.7 Å². The summed E-state index contributed by atoms with van der Waals surface area (Å²) in [6, 6.07) is -2.86. The summed E-state index contributed by atoms with van der Waals surface area (Å²) < 4.78 is 5.65. The van der Waals surface area contributed by atoms with Crippen LogP contribution in [0.1, 0.15) is 47.5 Å². The van der Waals surface area contributed by atoms with Gasteiger partial charge in [0.15, 0.2) is 0 Å². The van der Waals surface area contributed by atoms with Crippen LogP contribution in [0.25, 0.3) is 0 Å². The van der Waals surface area contributed by atoms with Crippen molar-refractivity contribution in [3.8, 4) is 0 Å². The zero-order valence-corrected chi connectivity index (χ0v) is 22.9. The molecular weight excluding hydrogens is 504 g/mol. The molecule has 0 unspecified atom stereocenters. The van der Waals surface area contributed by atoms with E-state index in [9.17, 15) is 24.0 Å². The SMILES string of the molecule is C/C=C1/NC(=O)[C@H]2CSSCC/C=C/[C@H](CC(=O)N[C@H](C(C)C)C(=O)N2)OC(=O)[C@H](C(C)C)NC1=O. The van der Waals surface area contributed by atoms with E-state index in [1.807, 2.05) is 6.08 Å².